The molecule has 1 saturated heterocycles. The smallest absolute Gasteiger partial charge is 0.133 e. The van der Waals surface area contributed by atoms with Crippen LogP contribution < -0.4 is 4.74 Å². The van der Waals surface area contributed by atoms with Crippen molar-refractivity contribution in [2.75, 3.05) is 39.5 Å². The van der Waals surface area contributed by atoms with Gasteiger partial charge in [0, 0.05) is 42.8 Å². The highest BCUT2D eigenvalue weighted by Crippen LogP contribution is 2.44. The molecule has 0 spiro atoms. The first-order valence-corrected chi connectivity index (χ1v) is 12.3. The van der Waals surface area contributed by atoms with Crippen LogP contribution in [0.25, 0.3) is 22.0 Å². The van der Waals surface area contributed by atoms with Crippen LogP contribution in [0.5, 0.6) is 5.75 Å². The lowest BCUT2D eigenvalue weighted by Gasteiger charge is -2.26. The van der Waals surface area contributed by atoms with E-state index in [1.54, 1.807) is 0 Å². The summed E-state index contributed by atoms with van der Waals surface area (Å²) in [5.74, 6) is -0.373. The summed E-state index contributed by atoms with van der Waals surface area (Å²) in [4.78, 5) is 6.96. The quantitative estimate of drug-likeness (QED) is 0.350. The van der Waals surface area contributed by atoms with Crippen molar-refractivity contribution in [2.45, 2.75) is 6.42 Å². The zero-order chi connectivity index (χ0) is 24.5. The summed E-state index contributed by atoms with van der Waals surface area (Å²) in [5, 5.41) is 1.02. The maximum absolute atomic E-state index is 15.0. The molecule has 0 bridgehead atoms. The summed E-state index contributed by atoms with van der Waals surface area (Å²) in [6.07, 6.45) is 2.45. The average molecular weight is 485 g/mol. The Morgan fingerprint density at radius 2 is 1.75 bits per heavy atom. The number of morpholine rings is 1. The van der Waals surface area contributed by atoms with E-state index in [0.29, 0.717) is 18.6 Å². The number of halogens is 2. The van der Waals surface area contributed by atoms with Gasteiger partial charge < -0.3 is 9.47 Å². The Bertz CT molecular complexity index is 1460. The Hall–Kier alpha value is -3.61. The van der Waals surface area contributed by atoms with Crippen LogP contribution in [0.4, 0.5) is 8.78 Å². The summed E-state index contributed by atoms with van der Waals surface area (Å²) in [7, 11) is 0. The van der Waals surface area contributed by atoms with E-state index < -0.39 is 11.6 Å². The van der Waals surface area contributed by atoms with Gasteiger partial charge in [-0.15, -0.1) is 0 Å². The van der Waals surface area contributed by atoms with E-state index in [-0.39, 0.29) is 0 Å². The third-order valence-electron chi connectivity index (χ3n) is 6.93. The molecule has 1 aliphatic heterocycles. The van der Waals surface area contributed by atoms with Crippen molar-refractivity contribution in [1.29, 1.82) is 0 Å². The van der Waals surface area contributed by atoms with E-state index in [0.717, 1.165) is 83.4 Å². The van der Waals surface area contributed by atoms with E-state index in [1.807, 2.05) is 48.7 Å². The number of aromatic nitrogens is 1. The van der Waals surface area contributed by atoms with Crippen molar-refractivity contribution < 1.29 is 18.3 Å². The van der Waals surface area contributed by atoms with Crippen molar-refractivity contribution in [1.82, 2.24) is 9.88 Å². The number of para-hydroxylation sites is 1. The maximum atomic E-state index is 15.0. The molecule has 182 valence electrons. The van der Waals surface area contributed by atoms with Crippen LogP contribution in [-0.4, -0.2) is 49.3 Å². The second-order valence-corrected chi connectivity index (χ2v) is 9.19. The third-order valence-corrected chi connectivity index (χ3v) is 6.93. The molecule has 4 nitrogen and oxygen atoms in total. The Balaban J connectivity index is 1.34. The lowest BCUT2D eigenvalue weighted by Crippen LogP contribution is -2.38. The zero-order valence-electron chi connectivity index (χ0n) is 19.8. The molecular formula is C30H26F2N2O2. The molecule has 1 aliphatic carbocycles. The highest BCUT2D eigenvalue weighted by Gasteiger charge is 2.27. The third kappa shape index (κ3) is 4.50. The normalized spacial score (nSPS) is 15.9. The Morgan fingerprint density at radius 3 is 2.61 bits per heavy atom. The summed E-state index contributed by atoms with van der Waals surface area (Å²) < 4.78 is 40.3. The molecule has 2 aliphatic rings. The first kappa shape index (κ1) is 22.8. The standard InChI is InChI=1S/C30H26F2N2O2/c31-23-5-7-26(28(32)18-23)30-25-8-6-24(36-14-11-34-9-12-35-13-10-34)16-21(25)17-27(30)22-15-20-3-1-2-4-29(20)33-19-22/h1-8,15-16,18-19H,9-14,17H2. The second kappa shape index (κ2) is 9.80. The minimum absolute atomic E-state index is 0.388. The van der Waals surface area contributed by atoms with Gasteiger partial charge in [0.2, 0.25) is 0 Å². The van der Waals surface area contributed by atoms with Crippen LogP contribution >= 0.6 is 0 Å². The first-order chi connectivity index (χ1) is 17.7. The first-order valence-electron chi connectivity index (χ1n) is 12.3. The number of pyridine rings is 1. The van der Waals surface area contributed by atoms with Crippen LogP contribution in [0.15, 0.2) is 72.9 Å². The summed E-state index contributed by atoms with van der Waals surface area (Å²) in [5.41, 5.74) is 5.96. The van der Waals surface area contributed by atoms with Crippen molar-refractivity contribution in [3.63, 3.8) is 0 Å². The summed E-state index contributed by atoms with van der Waals surface area (Å²) in [6.45, 7) is 4.81. The van der Waals surface area contributed by atoms with Gasteiger partial charge >= 0.3 is 0 Å². The van der Waals surface area contributed by atoms with E-state index >= 15 is 4.39 Å². The van der Waals surface area contributed by atoms with Gasteiger partial charge in [0.1, 0.15) is 24.0 Å². The number of benzene rings is 3. The molecule has 1 aromatic heterocycles. The van der Waals surface area contributed by atoms with E-state index in [4.69, 9.17) is 9.47 Å². The number of nitrogens with zero attached hydrogens (tertiary/aromatic N) is 2. The van der Waals surface area contributed by atoms with Crippen LogP contribution in [0.1, 0.15) is 22.3 Å². The van der Waals surface area contributed by atoms with Gasteiger partial charge in [0.15, 0.2) is 0 Å². The van der Waals surface area contributed by atoms with E-state index in [1.165, 1.54) is 12.1 Å². The van der Waals surface area contributed by atoms with Gasteiger partial charge in [-0.25, -0.2) is 8.78 Å². The monoisotopic (exact) mass is 484 g/mol. The van der Waals surface area contributed by atoms with Gasteiger partial charge in [-0.1, -0.05) is 24.3 Å². The van der Waals surface area contributed by atoms with Crippen molar-refractivity contribution in [3.8, 4) is 5.75 Å². The topological polar surface area (TPSA) is 34.6 Å². The van der Waals surface area contributed by atoms with Gasteiger partial charge in [0.25, 0.3) is 0 Å². The molecule has 0 N–H and O–H groups in total. The molecule has 1 fully saturated rings. The maximum Gasteiger partial charge on any atom is 0.133 e. The number of rotatable bonds is 6. The molecule has 0 unspecified atom stereocenters. The zero-order valence-corrected chi connectivity index (χ0v) is 19.8. The summed E-state index contributed by atoms with van der Waals surface area (Å²) >= 11 is 0. The summed E-state index contributed by atoms with van der Waals surface area (Å²) in [6, 6.07) is 19.7. The average Bonchev–Trinajstić information content (AvgIpc) is 3.27. The number of allylic oxidation sites excluding steroid dienone is 1. The molecular weight excluding hydrogens is 458 g/mol. The van der Waals surface area contributed by atoms with Crippen LogP contribution in [0.2, 0.25) is 0 Å². The Morgan fingerprint density at radius 1 is 0.917 bits per heavy atom. The Kier molecular flexibility index (Phi) is 6.21. The Labute approximate surface area is 208 Å². The molecule has 2 heterocycles. The van der Waals surface area contributed by atoms with Crippen LogP contribution in [0.3, 0.4) is 0 Å². The molecule has 4 aromatic rings. The van der Waals surface area contributed by atoms with Gasteiger partial charge in [-0.2, -0.15) is 0 Å². The molecule has 0 radical (unpaired) electrons. The highest BCUT2D eigenvalue weighted by atomic mass is 19.1. The van der Waals surface area contributed by atoms with Crippen molar-refractivity contribution >= 4 is 22.0 Å². The van der Waals surface area contributed by atoms with Crippen LogP contribution in [-0.2, 0) is 11.2 Å². The van der Waals surface area contributed by atoms with Gasteiger partial charge in [0.05, 0.1) is 18.7 Å². The number of hydrogen-bond acceptors (Lipinski definition) is 4. The minimum atomic E-state index is -0.590. The highest BCUT2D eigenvalue weighted by molar-refractivity contribution is 6.04. The SMILES string of the molecule is Fc1ccc(C2=C(c3cnc4ccccc4c3)Cc3cc(OCCN4CCOCC4)ccc32)c(F)c1. The molecule has 3 aromatic carbocycles. The largest absolute Gasteiger partial charge is 0.492 e. The van der Waals surface area contributed by atoms with Crippen molar-refractivity contribution in [3.05, 3.63) is 107 Å². The molecule has 36 heavy (non-hydrogen) atoms. The van der Waals surface area contributed by atoms with Gasteiger partial charge in [-0.05, 0) is 70.7 Å². The fourth-order valence-electron chi connectivity index (χ4n) is 5.09. The fourth-order valence-corrected chi connectivity index (χ4v) is 5.09. The predicted octanol–water partition coefficient (Wildman–Crippen LogP) is 5.74. The fraction of sp³-hybridized carbons (Fsp3) is 0.233. The molecule has 0 atom stereocenters. The van der Waals surface area contributed by atoms with E-state index in [2.05, 4.69) is 16.0 Å². The second-order valence-electron chi connectivity index (χ2n) is 9.19. The molecule has 0 amide bonds. The predicted molar refractivity (Wildman–Crippen MR) is 137 cm³/mol. The number of hydrogen-bond donors (Lipinski definition) is 0. The lowest BCUT2D eigenvalue weighted by molar-refractivity contribution is 0.0322. The molecule has 0 saturated carbocycles. The minimum Gasteiger partial charge on any atom is -0.492 e. The lowest BCUT2D eigenvalue weighted by atomic mass is 9.94. The molecule has 6 rings (SSSR count). The van der Waals surface area contributed by atoms with Crippen molar-refractivity contribution in [2.24, 2.45) is 0 Å². The van der Waals surface area contributed by atoms with E-state index in [9.17, 15) is 4.39 Å². The van der Waals surface area contributed by atoms with Crippen LogP contribution in [0, 0.1) is 11.6 Å². The number of ether oxygens (including phenoxy) is 2. The molecule has 6 heteroatoms. The number of fused-ring (bicyclic) bond motifs is 2. The van der Waals surface area contributed by atoms with Gasteiger partial charge in [-0.3, -0.25) is 9.88 Å².